The molecule has 10 heteroatoms. The standard InChI is InChI=1S/C27H22Cl2N2O4S2/c1-34-23-13-18(7-10-22(23)35-16-25(32)30-19-8-9-20(28)21(29)15-19)14-24-26(33)31(27(36)37-24)12-11-17-5-3-2-4-6-17/h2-10,13-15H,11-12,16H2,1H3,(H,30,32)/b24-14-. The van der Waals surface area contributed by atoms with Crippen molar-refractivity contribution in [3.63, 3.8) is 0 Å². The molecule has 4 rings (SSSR count). The molecule has 0 spiro atoms. The lowest BCUT2D eigenvalue weighted by Crippen LogP contribution is -2.30. The first kappa shape index (κ1) is 27.0. The molecule has 0 bridgehead atoms. The maximum Gasteiger partial charge on any atom is 0.266 e. The van der Waals surface area contributed by atoms with Crippen molar-refractivity contribution >= 4 is 75.1 Å². The van der Waals surface area contributed by atoms with E-state index < -0.39 is 0 Å². The summed E-state index contributed by atoms with van der Waals surface area (Å²) in [6, 6.07) is 20.0. The van der Waals surface area contributed by atoms with E-state index in [1.807, 2.05) is 30.3 Å². The minimum absolute atomic E-state index is 0.121. The minimum Gasteiger partial charge on any atom is -0.493 e. The molecule has 0 aromatic heterocycles. The molecule has 0 atom stereocenters. The van der Waals surface area contributed by atoms with E-state index in [0.29, 0.717) is 43.0 Å². The van der Waals surface area contributed by atoms with Crippen LogP contribution in [0.4, 0.5) is 5.69 Å². The van der Waals surface area contributed by atoms with Gasteiger partial charge in [-0.2, -0.15) is 0 Å². The highest BCUT2D eigenvalue weighted by Gasteiger charge is 2.31. The number of carbonyl (C=O) groups excluding carboxylic acids is 2. The maximum atomic E-state index is 13.0. The van der Waals surface area contributed by atoms with Crippen LogP contribution in [0.25, 0.3) is 6.08 Å². The van der Waals surface area contributed by atoms with Crippen LogP contribution in [-0.4, -0.2) is 41.3 Å². The first-order chi connectivity index (χ1) is 17.8. The molecule has 0 unspecified atom stereocenters. The number of benzene rings is 3. The zero-order valence-electron chi connectivity index (χ0n) is 19.7. The van der Waals surface area contributed by atoms with Gasteiger partial charge >= 0.3 is 0 Å². The van der Waals surface area contributed by atoms with Crippen molar-refractivity contribution in [2.45, 2.75) is 6.42 Å². The average Bonchev–Trinajstić information content (AvgIpc) is 3.16. The molecule has 1 saturated heterocycles. The Bertz CT molecular complexity index is 1370. The van der Waals surface area contributed by atoms with Gasteiger partial charge < -0.3 is 14.8 Å². The zero-order chi connectivity index (χ0) is 26.4. The molecule has 3 aromatic rings. The van der Waals surface area contributed by atoms with E-state index in [1.165, 1.54) is 18.9 Å². The summed E-state index contributed by atoms with van der Waals surface area (Å²) in [4.78, 5) is 27.4. The van der Waals surface area contributed by atoms with Crippen LogP contribution in [0.2, 0.25) is 10.0 Å². The normalized spacial score (nSPS) is 14.2. The van der Waals surface area contributed by atoms with E-state index in [-0.39, 0.29) is 18.4 Å². The lowest BCUT2D eigenvalue weighted by Gasteiger charge is -2.14. The maximum absolute atomic E-state index is 13.0. The SMILES string of the molecule is COc1cc(/C=C2\SC(=S)N(CCc3ccccc3)C2=O)ccc1OCC(=O)Nc1ccc(Cl)c(Cl)c1. The Balaban J connectivity index is 1.38. The summed E-state index contributed by atoms with van der Waals surface area (Å²) < 4.78 is 11.6. The topological polar surface area (TPSA) is 67.9 Å². The Labute approximate surface area is 234 Å². The lowest BCUT2D eigenvalue weighted by atomic mass is 10.1. The molecular weight excluding hydrogens is 551 g/mol. The van der Waals surface area contributed by atoms with Crippen molar-refractivity contribution in [1.82, 2.24) is 4.90 Å². The molecular formula is C27H22Cl2N2O4S2. The highest BCUT2D eigenvalue weighted by atomic mass is 35.5. The third kappa shape index (κ3) is 7.05. The van der Waals surface area contributed by atoms with Gasteiger partial charge in [0, 0.05) is 12.2 Å². The molecule has 6 nitrogen and oxygen atoms in total. The fourth-order valence-electron chi connectivity index (χ4n) is 3.54. The molecule has 2 amide bonds. The summed E-state index contributed by atoms with van der Waals surface area (Å²) >= 11 is 18.6. The van der Waals surface area contributed by atoms with Crippen molar-refractivity contribution in [2.24, 2.45) is 0 Å². The van der Waals surface area contributed by atoms with Crippen molar-refractivity contribution in [3.05, 3.63) is 92.8 Å². The minimum atomic E-state index is -0.372. The number of hydrogen-bond donors (Lipinski definition) is 1. The second-order valence-electron chi connectivity index (χ2n) is 7.94. The summed E-state index contributed by atoms with van der Waals surface area (Å²) in [7, 11) is 1.50. The second-order valence-corrected chi connectivity index (χ2v) is 10.4. The number of amides is 2. The molecule has 0 aliphatic carbocycles. The first-order valence-electron chi connectivity index (χ1n) is 11.2. The Morgan fingerprint density at radius 3 is 2.57 bits per heavy atom. The van der Waals surface area contributed by atoms with Crippen LogP contribution < -0.4 is 14.8 Å². The molecule has 1 aliphatic rings. The number of ether oxygens (including phenoxy) is 2. The lowest BCUT2D eigenvalue weighted by molar-refractivity contribution is -0.122. The number of carbonyl (C=O) groups is 2. The van der Waals surface area contributed by atoms with Crippen molar-refractivity contribution in [2.75, 3.05) is 25.6 Å². The van der Waals surface area contributed by atoms with Crippen LogP contribution in [-0.2, 0) is 16.0 Å². The molecule has 0 radical (unpaired) electrons. The van der Waals surface area contributed by atoms with Crippen LogP contribution >= 0.6 is 47.2 Å². The second kappa shape index (κ2) is 12.5. The Morgan fingerprint density at radius 2 is 1.84 bits per heavy atom. The fraction of sp³-hybridized carbons (Fsp3) is 0.148. The van der Waals surface area contributed by atoms with E-state index >= 15 is 0 Å². The summed E-state index contributed by atoms with van der Waals surface area (Å²) in [6.45, 7) is 0.280. The molecule has 1 fully saturated rings. The van der Waals surface area contributed by atoms with Gasteiger partial charge in [-0.25, -0.2) is 0 Å². The summed E-state index contributed by atoms with van der Waals surface area (Å²) in [6.07, 6.45) is 2.49. The number of thioether (sulfide) groups is 1. The fourth-order valence-corrected chi connectivity index (χ4v) is 5.14. The van der Waals surface area contributed by atoms with Crippen LogP contribution in [0, 0.1) is 0 Å². The Kier molecular flexibility index (Phi) is 9.10. The smallest absolute Gasteiger partial charge is 0.266 e. The first-order valence-corrected chi connectivity index (χ1v) is 13.2. The average molecular weight is 574 g/mol. The van der Waals surface area contributed by atoms with E-state index in [1.54, 1.807) is 47.4 Å². The number of rotatable bonds is 9. The van der Waals surface area contributed by atoms with E-state index in [4.69, 9.17) is 44.9 Å². The number of hydrogen-bond acceptors (Lipinski definition) is 6. The molecule has 0 saturated carbocycles. The number of methoxy groups -OCH3 is 1. The van der Waals surface area contributed by atoms with E-state index in [9.17, 15) is 9.59 Å². The van der Waals surface area contributed by atoms with E-state index in [2.05, 4.69) is 5.32 Å². The monoisotopic (exact) mass is 572 g/mol. The van der Waals surface area contributed by atoms with Gasteiger partial charge in [0.05, 0.1) is 22.1 Å². The van der Waals surface area contributed by atoms with Crippen molar-refractivity contribution in [3.8, 4) is 11.5 Å². The predicted molar refractivity (Wildman–Crippen MR) is 154 cm³/mol. The molecule has 1 heterocycles. The Hall–Kier alpha value is -3.04. The number of nitrogens with one attached hydrogen (secondary N) is 1. The summed E-state index contributed by atoms with van der Waals surface area (Å²) in [5.74, 6) is 0.322. The number of anilines is 1. The molecule has 1 N–H and O–H groups in total. The van der Waals surface area contributed by atoms with Gasteiger partial charge in [0.1, 0.15) is 4.32 Å². The molecule has 190 valence electrons. The van der Waals surface area contributed by atoms with Gasteiger partial charge in [0.25, 0.3) is 11.8 Å². The molecule has 1 aliphatic heterocycles. The van der Waals surface area contributed by atoms with Crippen LogP contribution in [0.1, 0.15) is 11.1 Å². The van der Waals surface area contributed by atoms with Crippen molar-refractivity contribution in [1.29, 1.82) is 0 Å². The van der Waals surface area contributed by atoms with Gasteiger partial charge in [-0.15, -0.1) is 0 Å². The highest BCUT2D eigenvalue weighted by molar-refractivity contribution is 8.26. The van der Waals surface area contributed by atoms with Crippen LogP contribution in [0.15, 0.2) is 71.6 Å². The van der Waals surface area contributed by atoms with Crippen molar-refractivity contribution < 1.29 is 19.1 Å². The van der Waals surface area contributed by atoms with Gasteiger partial charge in [-0.3, -0.25) is 14.5 Å². The largest absolute Gasteiger partial charge is 0.493 e. The number of halogens is 2. The summed E-state index contributed by atoms with van der Waals surface area (Å²) in [5, 5.41) is 3.43. The van der Waals surface area contributed by atoms with Gasteiger partial charge in [0.15, 0.2) is 18.1 Å². The third-order valence-electron chi connectivity index (χ3n) is 5.39. The highest BCUT2D eigenvalue weighted by Crippen LogP contribution is 2.35. The molecule has 37 heavy (non-hydrogen) atoms. The predicted octanol–water partition coefficient (Wildman–Crippen LogP) is 6.46. The van der Waals surface area contributed by atoms with Crippen LogP contribution in [0.5, 0.6) is 11.5 Å². The van der Waals surface area contributed by atoms with Gasteiger partial charge in [0.2, 0.25) is 0 Å². The summed E-state index contributed by atoms with van der Waals surface area (Å²) in [5.41, 5.74) is 2.39. The van der Waals surface area contributed by atoms with Gasteiger partial charge in [-0.1, -0.05) is 83.6 Å². The van der Waals surface area contributed by atoms with Crippen LogP contribution in [0.3, 0.4) is 0 Å². The number of thiocarbonyl (C=S) groups is 1. The number of nitrogens with zero attached hydrogens (tertiary/aromatic N) is 1. The van der Waals surface area contributed by atoms with E-state index in [0.717, 1.165) is 17.5 Å². The molecule has 3 aromatic carbocycles. The zero-order valence-corrected chi connectivity index (χ0v) is 22.8. The van der Waals surface area contributed by atoms with Gasteiger partial charge in [-0.05, 0) is 54.0 Å². The quantitative estimate of drug-likeness (QED) is 0.234. The third-order valence-corrected chi connectivity index (χ3v) is 7.50. The Morgan fingerprint density at radius 1 is 1.05 bits per heavy atom.